The Bertz CT molecular complexity index is 388. The van der Waals surface area contributed by atoms with Crippen LogP contribution >= 0.6 is 11.3 Å². The fourth-order valence-corrected chi connectivity index (χ4v) is 2.92. The second-order valence-electron chi connectivity index (χ2n) is 4.85. The molecule has 6 heteroatoms. The number of aliphatic carboxylic acids is 1. The van der Waals surface area contributed by atoms with Crippen LogP contribution in [0.1, 0.15) is 18.5 Å². The Hall–Kier alpha value is -0.980. The summed E-state index contributed by atoms with van der Waals surface area (Å²) in [6.07, 6.45) is 1.17. The van der Waals surface area contributed by atoms with Gasteiger partial charge in [0, 0.05) is 31.7 Å². The number of carboxylic acids is 1. The number of nitrogens with zero attached hydrogens (tertiary/aromatic N) is 2. The number of carbonyl (C=O) groups is 1. The van der Waals surface area contributed by atoms with Gasteiger partial charge in [0.1, 0.15) is 0 Å². The van der Waals surface area contributed by atoms with Gasteiger partial charge in [-0.25, -0.2) is 4.98 Å². The van der Waals surface area contributed by atoms with Crippen molar-refractivity contribution in [2.75, 3.05) is 26.8 Å². The van der Waals surface area contributed by atoms with Crippen molar-refractivity contribution in [2.45, 2.75) is 19.4 Å². The molecule has 1 aliphatic rings. The van der Waals surface area contributed by atoms with Gasteiger partial charge in [-0.2, -0.15) is 0 Å². The first-order chi connectivity index (χ1) is 8.62. The Balaban J connectivity index is 1.98. The summed E-state index contributed by atoms with van der Waals surface area (Å²) in [6, 6.07) is 0. The van der Waals surface area contributed by atoms with E-state index in [0.29, 0.717) is 39.1 Å². The molecule has 0 unspecified atom stereocenters. The minimum atomic E-state index is -0.712. The van der Waals surface area contributed by atoms with Crippen molar-refractivity contribution < 1.29 is 14.6 Å². The third kappa shape index (κ3) is 3.07. The molecule has 5 nitrogen and oxygen atoms in total. The van der Waals surface area contributed by atoms with Gasteiger partial charge in [0.2, 0.25) is 0 Å². The van der Waals surface area contributed by atoms with E-state index >= 15 is 0 Å². The molecule has 2 rings (SSSR count). The average Bonchev–Trinajstić information content (AvgIpc) is 2.82. The van der Waals surface area contributed by atoms with E-state index in [-0.39, 0.29) is 0 Å². The predicted octanol–water partition coefficient (Wildman–Crippen LogP) is 1.46. The van der Waals surface area contributed by atoms with Gasteiger partial charge < -0.3 is 9.84 Å². The molecule has 1 aliphatic heterocycles. The van der Waals surface area contributed by atoms with E-state index in [9.17, 15) is 9.90 Å². The molecule has 0 radical (unpaired) electrons. The van der Waals surface area contributed by atoms with Crippen molar-refractivity contribution in [1.82, 2.24) is 9.88 Å². The van der Waals surface area contributed by atoms with Gasteiger partial charge in [0.05, 0.1) is 16.6 Å². The average molecular weight is 270 g/mol. The number of aromatic nitrogens is 1. The van der Waals surface area contributed by atoms with Crippen LogP contribution in [0.3, 0.4) is 0 Å². The third-order valence-electron chi connectivity index (χ3n) is 3.39. The minimum absolute atomic E-state index is 0.539. The highest BCUT2D eigenvalue weighted by atomic mass is 32.1. The highest BCUT2D eigenvalue weighted by Crippen LogP contribution is 2.32. The fraction of sp³-hybridized carbons (Fsp3) is 0.667. The van der Waals surface area contributed by atoms with Crippen molar-refractivity contribution in [3.8, 4) is 0 Å². The highest BCUT2D eigenvalue weighted by Gasteiger charge is 2.41. The van der Waals surface area contributed by atoms with E-state index in [1.54, 1.807) is 16.8 Å². The van der Waals surface area contributed by atoms with Crippen LogP contribution in [0.25, 0.3) is 0 Å². The van der Waals surface area contributed by atoms with Gasteiger partial charge in [-0.1, -0.05) is 0 Å². The summed E-state index contributed by atoms with van der Waals surface area (Å²) in [4.78, 5) is 17.8. The Morgan fingerprint density at radius 2 is 2.33 bits per heavy atom. The monoisotopic (exact) mass is 270 g/mol. The van der Waals surface area contributed by atoms with Crippen molar-refractivity contribution >= 4 is 17.3 Å². The Morgan fingerprint density at radius 1 is 1.61 bits per heavy atom. The first-order valence-electron chi connectivity index (χ1n) is 5.99. The van der Waals surface area contributed by atoms with Gasteiger partial charge in [-0.05, 0) is 19.9 Å². The van der Waals surface area contributed by atoms with E-state index in [2.05, 4.69) is 4.98 Å². The maximum atomic E-state index is 11.5. The number of hydrogen-bond acceptors (Lipinski definition) is 5. The SMILES string of the molecule is CN(Cc1cscn1)CC1(C(=O)O)CCOCC1. The molecule has 1 aromatic heterocycles. The molecule has 1 aromatic rings. The van der Waals surface area contributed by atoms with Crippen molar-refractivity contribution in [1.29, 1.82) is 0 Å². The zero-order chi connectivity index (χ0) is 13.0. The van der Waals surface area contributed by atoms with E-state index < -0.39 is 11.4 Å². The molecular formula is C12H18N2O3S. The molecule has 0 spiro atoms. The zero-order valence-electron chi connectivity index (χ0n) is 10.5. The number of thiazole rings is 1. The molecule has 0 amide bonds. The van der Waals surface area contributed by atoms with Crippen LogP contribution in [0, 0.1) is 5.41 Å². The number of hydrogen-bond donors (Lipinski definition) is 1. The lowest BCUT2D eigenvalue weighted by Crippen LogP contribution is -2.45. The molecule has 1 N–H and O–H groups in total. The van der Waals surface area contributed by atoms with Gasteiger partial charge in [0.15, 0.2) is 0 Å². The van der Waals surface area contributed by atoms with E-state index in [1.165, 1.54) is 0 Å². The lowest BCUT2D eigenvalue weighted by atomic mass is 9.80. The molecular weight excluding hydrogens is 252 g/mol. The number of rotatable bonds is 5. The first-order valence-corrected chi connectivity index (χ1v) is 6.93. The quantitative estimate of drug-likeness (QED) is 0.877. The van der Waals surface area contributed by atoms with Crippen LogP contribution < -0.4 is 0 Å². The maximum Gasteiger partial charge on any atom is 0.311 e. The molecule has 100 valence electrons. The number of ether oxygens (including phenoxy) is 1. The number of carboxylic acid groups (broad SMARTS) is 1. The third-order valence-corrected chi connectivity index (χ3v) is 4.03. The zero-order valence-corrected chi connectivity index (χ0v) is 11.3. The van der Waals surface area contributed by atoms with Gasteiger partial charge in [0.25, 0.3) is 0 Å². The molecule has 0 saturated carbocycles. The summed E-state index contributed by atoms with van der Waals surface area (Å²) in [7, 11) is 1.94. The maximum absolute atomic E-state index is 11.5. The highest BCUT2D eigenvalue weighted by molar-refractivity contribution is 7.07. The molecule has 0 bridgehead atoms. The molecule has 1 fully saturated rings. The predicted molar refractivity (Wildman–Crippen MR) is 68.6 cm³/mol. The summed E-state index contributed by atoms with van der Waals surface area (Å²) < 4.78 is 5.27. The molecule has 1 saturated heterocycles. The first kappa shape index (κ1) is 13.5. The summed E-state index contributed by atoms with van der Waals surface area (Å²) in [6.45, 7) is 2.32. The van der Waals surface area contributed by atoms with Crippen molar-refractivity contribution in [2.24, 2.45) is 5.41 Å². The normalized spacial score (nSPS) is 19.0. The second-order valence-corrected chi connectivity index (χ2v) is 5.57. The lowest BCUT2D eigenvalue weighted by molar-refractivity contribution is -0.156. The van der Waals surface area contributed by atoms with Crippen LogP contribution in [-0.4, -0.2) is 47.8 Å². The summed E-state index contributed by atoms with van der Waals surface area (Å²) >= 11 is 1.56. The van der Waals surface area contributed by atoms with E-state index in [4.69, 9.17) is 4.74 Å². The fourth-order valence-electron chi connectivity index (χ4n) is 2.37. The van der Waals surface area contributed by atoms with Crippen LogP contribution in [0.4, 0.5) is 0 Å². The van der Waals surface area contributed by atoms with Crippen LogP contribution in [0.5, 0.6) is 0 Å². The second kappa shape index (κ2) is 5.77. The largest absolute Gasteiger partial charge is 0.481 e. The van der Waals surface area contributed by atoms with Gasteiger partial charge in [-0.3, -0.25) is 9.69 Å². The molecule has 0 atom stereocenters. The molecule has 2 heterocycles. The standard InChI is InChI=1S/C12H18N2O3S/c1-14(6-10-7-18-9-13-10)8-12(11(15)16)2-4-17-5-3-12/h7,9H,2-6,8H2,1H3,(H,15,16). The Kier molecular flexibility index (Phi) is 4.31. The Labute approximate surface area is 110 Å². The minimum Gasteiger partial charge on any atom is -0.481 e. The topological polar surface area (TPSA) is 62.7 Å². The molecule has 18 heavy (non-hydrogen) atoms. The summed E-state index contributed by atoms with van der Waals surface area (Å²) in [5.41, 5.74) is 2.13. The van der Waals surface area contributed by atoms with Crippen molar-refractivity contribution in [3.63, 3.8) is 0 Å². The van der Waals surface area contributed by atoms with Gasteiger partial charge >= 0.3 is 5.97 Å². The van der Waals surface area contributed by atoms with Crippen LogP contribution in [0.2, 0.25) is 0 Å². The summed E-state index contributed by atoms with van der Waals surface area (Å²) in [5.74, 6) is -0.712. The molecule has 0 aliphatic carbocycles. The van der Waals surface area contributed by atoms with Gasteiger partial charge in [-0.15, -0.1) is 11.3 Å². The smallest absolute Gasteiger partial charge is 0.311 e. The Morgan fingerprint density at radius 3 is 2.89 bits per heavy atom. The van der Waals surface area contributed by atoms with Crippen molar-refractivity contribution in [3.05, 3.63) is 16.6 Å². The van der Waals surface area contributed by atoms with Crippen LogP contribution in [-0.2, 0) is 16.1 Å². The van der Waals surface area contributed by atoms with E-state index in [0.717, 1.165) is 5.69 Å². The summed E-state index contributed by atoms with van der Waals surface area (Å²) in [5, 5.41) is 11.5. The lowest BCUT2D eigenvalue weighted by Gasteiger charge is -2.36. The molecule has 0 aromatic carbocycles. The van der Waals surface area contributed by atoms with Crippen LogP contribution in [0.15, 0.2) is 10.9 Å². The van der Waals surface area contributed by atoms with E-state index in [1.807, 2.05) is 17.3 Å².